The first-order chi connectivity index (χ1) is 25.8. The first-order valence-electron chi connectivity index (χ1n) is 18.3. The Kier molecular flexibility index (Phi) is 7.49. The molecule has 0 spiro atoms. The van der Waals surface area contributed by atoms with Crippen LogP contribution >= 0.6 is 0 Å². The fraction of sp³-hybridized carbons (Fsp3) is 0.128. The summed E-state index contributed by atoms with van der Waals surface area (Å²) in [5.41, 5.74) is 11.7. The topological polar surface area (TPSA) is 46.8 Å². The van der Waals surface area contributed by atoms with Gasteiger partial charge in [0.1, 0.15) is 0 Å². The Morgan fingerprint density at radius 2 is 1.06 bits per heavy atom. The first-order valence-corrected chi connectivity index (χ1v) is 18.3. The molecule has 250 valence electrons. The van der Waals surface area contributed by atoms with E-state index in [1.807, 2.05) is 60.7 Å². The van der Waals surface area contributed by atoms with Gasteiger partial charge in [0, 0.05) is 57.3 Å². The molecule has 0 saturated heterocycles. The minimum atomic E-state index is 0.482. The Balaban J connectivity index is 1.01. The maximum atomic E-state index is 4.97. The zero-order valence-electron chi connectivity index (χ0n) is 28.8. The van der Waals surface area contributed by atoms with Gasteiger partial charge >= 0.3 is 0 Å². The Hall–Kier alpha value is -6.33. The Morgan fingerprint density at radius 1 is 0.462 bits per heavy atom. The summed E-state index contributed by atoms with van der Waals surface area (Å²) in [4.78, 5) is 17.5. The molecular weight excluding hydrogens is 635 g/mol. The predicted octanol–water partition coefficient (Wildman–Crippen LogP) is 11.7. The van der Waals surface area contributed by atoms with Gasteiger partial charge in [-0.15, -0.1) is 0 Å². The van der Waals surface area contributed by atoms with E-state index >= 15 is 0 Å². The van der Waals surface area contributed by atoms with Crippen LogP contribution in [0.25, 0.3) is 61.9 Å². The zero-order valence-corrected chi connectivity index (χ0v) is 28.8. The minimum Gasteiger partial charge on any atom is -0.337 e. The van der Waals surface area contributed by atoms with Crippen molar-refractivity contribution in [3.05, 3.63) is 169 Å². The quantitative estimate of drug-likeness (QED) is 0.176. The van der Waals surface area contributed by atoms with Crippen molar-refractivity contribution in [1.29, 1.82) is 0 Å². The van der Waals surface area contributed by atoms with Crippen LogP contribution in [-0.4, -0.2) is 25.6 Å². The number of nitrogens with zero attached hydrogens (tertiary/aromatic N) is 5. The summed E-state index contributed by atoms with van der Waals surface area (Å²) in [6.07, 6.45) is 7.25. The molecule has 1 aliphatic heterocycles. The van der Waals surface area contributed by atoms with E-state index < -0.39 is 0 Å². The third-order valence-electron chi connectivity index (χ3n) is 10.9. The minimum absolute atomic E-state index is 0.482. The molecule has 2 atom stereocenters. The van der Waals surface area contributed by atoms with E-state index in [2.05, 4.69) is 113 Å². The molecule has 5 nitrogen and oxygen atoms in total. The largest absolute Gasteiger partial charge is 0.337 e. The third-order valence-corrected chi connectivity index (χ3v) is 10.9. The lowest BCUT2D eigenvalue weighted by Crippen LogP contribution is -2.32. The molecular formula is C47H37N5. The summed E-state index contributed by atoms with van der Waals surface area (Å²) >= 11 is 0. The van der Waals surface area contributed by atoms with Crippen LogP contribution in [0, 0.1) is 0 Å². The number of benzene rings is 6. The van der Waals surface area contributed by atoms with Gasteiger partial charge in [-0.1, -0.05) is 122 Å². The summed E-state index contributed by atoms with van der Waals surface area (Å²) in [6, 6.07) is 56.3. The van der Waals surface area contributed by atoms with Crippen molar-refractivity contribution in [1.82, 2.24) is 19.5 Å². The highest BCUT2D eigenvalue weighted by Gasteiger charge is 2.41. The van der Waals surface area contributed by atoms with E-state index in [1.165, 1.54) is 64.8 Å². The molecule has 1 fully saturated rings. The van der Waals surface area contributed by atoms with Crippen molar-refractivity contribution in [2.24, 2.45) is 0 Å². The molecule has 8 aromatic rings. The third kappa shape index (κ3) is 5.37. The second-order valence-corrected chi connectivity index (χ2v) is 14.0. The number of aromatic nitrogens is 4. The van der Waals surface area contributed by atoms with Gasteiger partial charge in [0.05, 0.1) is 5.52 Å². The molecule has 3 heterocycles. The first kappa shape index (κ1) is 30.5. The summed E-state index contributed by atoms with van der Waals surface area (Å²) in [7, 11) is 0. The molecule has 6 aromatic carbocycles. The fourth-order valence-electron chi connectivity index (χ4n) is 8.39. The van der Waals surface area contributed by atoms with Crippen LogP contribution in [0.1, 0.15) is 37.2 Å². The van der Waals surface area contributed by atoms with Gasteiger partial charge in [-0.25, -0.2) is 15.0 Å². The van der Waals surface area contributed by atoms with Gasteiger partial charge in [0.25, 0.3) is 0 Å². The van der Waals surface area contributed by atoms with Crippen LogP contribution < -0.4 is 4.90 Å². The highest BCUT2D eigenvalue weighted by atomic mass is 15.2. The summed E-state index contributed by atoms with van der Waals surface area (Å²) in [5, 5.41) is 1.31. The van der Waals surface area contributed by atoms with E-state index in [0.29, 0.717) is 29.4 Å². The summed E-state index contributed by atoms with van der Waals surface area (Å²) < 4.78 is 2.32. The van der Waals surface area contributed by atoms with Gasteiger partial charge in [0.15, 0.2) is 17.5 Å². The van der Waals surface area contributed by atoms with Crippen molar-refractivity contribution < 1.29 is 0 Å². The molecule has 1 aliphatic carbocycles. The normalized spacial score (nSPS) is 16.5. The fourth-order valence-corrected chi connectivity index (χ4v) is 8.39. The average molecular weight is 672 g/mol. The van der Waals surface area contributed by atoms with Crippen molar-refractivity contribution in [2.45, 2.75) is 37.6 Å². The van der Waals surface area contributed by atoms with Crippen LogP contribution in [0.4, 0.5) is 11.4 Å². The van der Waals surface area contributed by atoms with Crippen LogP contribution in [0.15, 0.2) is 164 Å². The molecule has 2 aromatic heterocycles. The summed E-state index contributed by atoms with van der Waals surface area (Å²) in [6.45, 7) is 0. The van der Waals surface area contributed by atoms with Gasteiger partial charge < -0.3 is 9.47 Å². The Labute approximate surface area is 303 Å². The second kappa shape index (κ2) is 12.8. The maximum absolute atomic E-state index is 4.97. The molecule has 5 heteroatoms. The molecule has 0 amide bonds. The molecule has 0 radical (unpaired) electrons. The van der Waals surface area contributed by atoms with E-state index in [9.17, 15) is 0 Å². The van der Waals surface area contributed by atoms with E-state index in [-0.39, 0.29) is 0 Å². The van der Waals surface area contributed by atoms with E-state index in [4.69, 9.17) is 15.0 Å². The Bertz CT molecular complexity index is 2470. The van der Waals surface area contributed by atoms with Crippen LogP contribution in [-0.2, 0) is 0 Å². The Morgan fingerprint density at radius 3 is 1.75 bits per heavy atom. The van der Waals surface area contributed by atoms with E-state index in [1.54, 1.807) is 0 Å². The van der Waals surface area contributed by atoms with Gasteiger partial charge in [-0.2, -0.15) is 0 Å². The SMILES string of the molecule is c1ccc(-c2nc(-c3ccccc3)nc(-c3cccc(-c4ccc(N5c6cc7c(ccn7-c7ccccc7)cc6C6CCCCC65)cc4)c3)n2)cc1. The van der Waals surface area contributed by atoms with E-state index in [0.717, 1.165) is 22.3 Å². The lowest BCUT2D eigenvalue weighted by molar-refractivity contribution is 0.402. The monoisotopic (exact) mass is 671 g/mol. The van der Waals surface area contributed by atoms with Crippen molar-refractivity contribution in [3.8, 4) is 51.0 Å². The number of hydrogen-bond donors (Lipinski definition) is 0. The molecule has 10 rings (SSSR count). The lowest BCUT2D eigenvalue weighted by Gasteiger charge is -2.33. The standard InChI is InChI=1S/C47H37N5/c1-4-13-33(14-5-1)45-48-46(34-15-6-2-7-16-34)50-47(49-45)37-18-12-17-35(29-37)32-23-25-39(26-24-32)52-42-22-11-10-21-40(42)41-30-36-27-28-51(43(36)31-44(41)52)38-19-8-3-9-20-38/h1-9,12-20,23-31,40,42H,10-11,21-22H2. The number of hydrogen-bond acceptors (Lipinski definition) is 4. The smallest absolute Gasteiger partial charge is 0.164 e. The lowest BCUT2D eigenvalue weighted by atomic mass is 9.82. The second-order valence-electron chi connectivity index (χ2n) is 14.0. The average Bonchev–Trinajstić information content (AvgIpc) is 3.79. The maximum Gasteiger partial charge on any atom is 0.164 e. The molecule has 1 saturated carbocycles. The highest BCUT2D eigenvalue weighted by molar-refractivity contribution is 5.90. The molecule has 0 N–H and O–H groups in total. The predicted molar refractivity (Wildman–Crippen MR) is 212 cm³/mol. The zero-order chi connectivity index (χ0) is 34.4. The number of rotatable bonds is 6. The summed E-state index contributed by atoms with van der Waals surface area (Å²) in [5.74, 6) is 2.56. The molecule has 52 heavy (non-hydrogen) atoms. The number of fused-ring (bicyclic) bond motifs is 4. The van der Waals surface area contributed by atoms with Crippen LogP contribution in [0.2, 0.25) is 0 Å². The molecule has 2 aliphatic rings. The van der Waals surface area contributed by atoms with Gasteiger partial charge in [-0.05, 0) is 78.1 Å². The van der Waals surface area contributed by atoms with Crippen LogP contribution in [0.5, 0.6) is 0 Å². The van der Waals surface area contributed by atoms with Gasteiger partial charge in [0.2, 0.25) is 0 Å². The van der Waals surface area contributed by atoms with Crippen molar-refractivity contribution in [2.75, 3.05) is 4.90 Å². The number of anilines is 2. The van der Waals surface area contributed by atoms with Crippen molar-refractivity contribution >= 4 is 22.3 Å². The van der Waals surface area contributed by atoms with Crippen LogP contribution in [0.3, 0.4) is 0 Å². The highest BCUT2D eigenvalue weighted by Crippen LogP contribution is 2.52. The number of para-hydroxylation sites is 1. The molecule has 2 unspecified atom stereocenters. The van der Waals surface area contributed by atoms with Crippen molar-refractivity contribution in [3.63, 3.8) is 0 Å². The van der Waals surface area contributed by atoms with Gasteiger partial charge in [-0.3, -0.25) is 0 Å². The molecule has 0 bridgehead atoms.